The second-order valence-corrected chi connectivity index (χ2v) is 7.03. The van der Waals surface area contributed by atoms with Crippen LogP contribution >= 0.6 is 0 Å². The van der Waals surface area contributed by atoms with Crippen molar-refractivity contribution >= 4 is 5.91 Å². The molecule has 0 atom stereocenters. The average Bonchev–Trinajstić information content (AvgIpc) is 2.53. The van der Waals surface area contributed by atoms with Gasteiger partial charge in [-0.1, -0.05) is 30.3 Å². The van der Waals surface area contributed by atoms with Crippen LogP contribution in [-0.4, -0.2) is 32.7 Å². The summed E-state index contributed by atoms with van der Waals surface area (Å²) in [5, 5.41) is 12.1. The largest absolute Gasteiger partial charge is 0.396 e. The van der Waals surface area contributed by atoms with E-state index in [1.165, 1.54) is 4.57 Å². The number of carbonyl (C=O) groups is 1. The Morgan fingerprint density at radius 1 is 1.24 bits per heavy atom. The summed E-state index contributed by atoms with van der Waals surface area (Å²) in [6.07, 6.45) is 0.216. The molecule has 0 aliphatic heterocycles. The number of carbonyl (C=O) groups excluding carboxylic acids is 1. The molecule has 1 heterocycles. The second-order valence-electron chi connectivity index (χ2n) is 7.03. The van der Waals surface area contributed by atoms with Gasteiger partial charge in [0.15, 0.2) is 0 Å². The number of hydrogen-bond donors (Lipinski definition) is 2. The van der Waals surface area contributed by atoms with E-state index in [9.17, 15) is 14.7 Å². The molecule has 1 aromatic carbocycles. The summed E-state index contributed by atoms with van der Waals surface area (Å²) in [6, 6.07) is 9.30. The van der Waals surface area contributed by atoms with Crippen molar-refractivity contribution in [3.63, 3.8) is 0 Å². The Balaban J connectivity index is 2.56. The fourth-order valence-corrected chi connectivity index (χ4v) is 2.66. The third-order valence-electron chi connectivity index (χ3n) is 3.68. The number of amides is 1. The summed E-state index contributed by atoms with van der Waals surface area (Å²) >= 11 is 0. The van der Waals surface area contributed by atoms with Crippen LogP contribution in [0.4, 0.5) is 0 Å². The van der Waals surface area contributed by atoms with Crippen LogP contribution in [0.25, 0.3) is 11.4 Å². The third kappa shape index (κ3) is 4.76. The molecule has 2 aromatic rings. The fraction of sp³-hybridized carbons (Fsp3) is 0.421. The molecule has 0 radical (unpaired) electrons. The van der Waals surface area contributed by atoms with Gasteiger partial charge in [-0.25, -0.2) is 4.98 Å². The predicted octanol–water partition coefficient (Wildman–Crippen LogP) is 1.67. The first-order valence-corrected chi connectivity index (χ1v) is 8.30. The van der Waals surface area contributed by atoms with Crippen LogP contribution in [0.1, 0.15) is 32.0 Å². The van der Waals surface area contributed by atoms with Gasteiger partial charge in [0.2, 0.25) is 5.91 Å². The van der Waals surface area contributed by atoms with E-state index in [1.807, 2.05) is 51.1 Å². The highest BCUT2D eigenvalue weighted by atomic mass is 16.3. The lowest BCUT2D eigenvalue weighted by molar-refractivity contribution is -0.123. The zero-order chi connectivity index (χ0) is 18.6. The summed E-state index contributed by atoms with van der Waals surface area (Å²) in [7, 11) is 0. The lowest BCUT2D eigenvalue weighted by atomic mass is 10.1. The van der Waals surface area contributed by atoms with E-state index in [1.54, 1.807) is 6.92 Å². The van der Waals surface area contributed by atoms with Gasteiger partial charge in [0.05, 0.1) is 0 Å². The van der Waals surface area contributed by atoms with Crippen molar-refractivity contribution in [3.8, 4) is 11.4 Å². The smallest absolute Gasteiger partial charge is 0.257 e. The van der Waals surface area contributed by atoms with Crippen molar-refractivity contribution in [2.24, 2.45) is 0 Å². The number of nitrogens with one attached hydrogen (secondary N) is 1. The molecule has 0 spiro atoms. The van der Waals surface area contributed by atoms with Crippen LogP contribution in [0.15, 0.2) is 35.1 Å². The summed E-state index contributed by atoms with van der Waals surface area (Å²) < 4.78 is 1.38. The highest BCUT2D eigenvalue weighted by Crippen LogP contribution is 2.17. The number of aromatic nitrogens is 2. The molecule has 0 saturated carbocycles. The molecule has 2 rings (SSSR count). The monoisotopic (exact) mass is 343 g/mol. The average molecular weight is 343 g/mol. The zero-order valence-corrected chi connectivity index (χ0v) is 15.2. The van der Waals surface area contributed by atoms with E-state index in [0.717, 1.165) is 5.56 Å². The molecule has 0 unspecified atom stereocenters. The van der Waals surface area contributed by atoms with Gasteiger partial charge >= 0.3 is 0 Å². The minimum absolute atomic E-state index is 0.119. The minimum Gasteiger partial charge on any atom is -0.396 e. The molecule has 0 aliphatic rings. The van der Waals surface area contributed by atoms with Crippen LogP contribution in [-0.2, 0) is 17.8 Å². The van der Waals surface area contributed by atoms with E-state index in [4.69, 9.17) is 0 Å². The van der Waals surface area contributed by atoms with Gasteiger partial charge in [-0.2, -0.15) is 0 Å². The highest BCUT2D eigenvalue weighted by molar-refractivity contribution is 5.77. The number of benzene rings is 1. The standard InChI is InChI=1S/C19H25N3O3/c1-13-15(10-11-23)18(25)22(12-16(24)21-19(2,3)4)17(20-13)14-8-6-5-7-9-14/h5-9,23H,10-12H2,1-4H3,(H,21,24). The van der Waals surface area contributed by atoms with Crippen LogP contribution in [0.2, 0.25) is 0 Å². The molecule has 0 aliphatic carbocycles. The number of rotatable bonds is 5. The number of aliphatic hydroxyl groups is 1. The molecular formula is C19H25N3O3. The second kappa shape index (κ2) is 7.61. The van der Waals surface area contributed by atoms with Gasteiger partial charge in [-0.15, -0.1) is 0 Å². The highest BCUT2D eigenvalue weighted by Gasteiger charge is 2.19. The molecule has 134 valence electrons. The van der Waals surface area contributed by atoms with Crippen LogP contribution in [0, 0.1) is 6.92 Å². The molecule has 0 fully saturated rings. The van der Waals surface area contributed by atoms with Crippen molar-refractivity contribution in [2.75, 3.05) is 6.61 Å². The molecule has 1 aromatic heterocycles. The summed E-state index contributed by atoms with van der Waals surface area (Å²) in [4.78, 5) is 29.8. The summed E-state index contributed by atoms with van der Waals surface area (Å²) in [6.45, 7) is 7.14. The number of nitrogens with zero attached hydrogens (tertiary/aromatic N) is 2. The molecule has 0 bridgehead atoms. The van der Waals surface area contributed by atoms with E-state index in [-0.39, 0.29) is 36.6 Å². The zero-order valence-electron chi connectivity index (χ0n) is 15.2. The van der Waals surface area contributed by atoms with E-state index >= 15 is 0 Å². The summed E-state index contributed by atoms with van der Waals surface area (Å²) in [5.74, 6) is 0.196. The van der Waals surface area contributed by atoms with Gasteiger partial charge < -0.3 is 10.4 Å². The maximum atomic E-state index is 12.9. The Labute approximate surface area is 147 Å². The van der Waals surface area contributed by atoms with Gasteiger partial charge in [0.25, 0.3) is 5.56 Å². The van der Waals surface area contributed by atoms with Gasteiger partial charge in [0, 0.05) is 35.4 Å². The van der Waals surface area contributed by atoms with E-state index < -0.39 is 0 Å². The maximum Gasteiger partial charge on any atom is 0.257 e. The van der Waals surface area contributed by atoms with Crippen molar-refractivity contribution < 1.29 is 9.90 Å². The van der Waals surface area contributed by atoms with Gasteiger partial charge in [0.1, 0.15) is 12.4 Å². The Hall–Kier alpha value is -2.47. The first-order chi connectivity index (χ1) is 11.7. The molecule has 0 saturated heterocycles. The van der Waals surface area contributed by atoms with Crippen LogP contribution in [0.3, 0.4) is 0 Å². The van der Waals surface area contributed by atoms with Gasteiger partial charge in [-0.3, -0.25) is 14.2 Å². The minimum atomic E-state index is -0.389. The lowest BCUT2D eigenvalue weighted by Crippen LogP contribution is -2.44. The normalized spacial score (nSPS) is 11.4. The van der Waals surface area contributed by atoms with E-state index in [0.29, 0.717) is 17.1 Å². The molecule has 6 heteroatoms. The third-order valence-corrected chi connectivity index (χ3v) is 3.68. The Bertz CT molecular complexity index is 805. The predicted molar refractivity (Wildman–Crippen MR) is 97.4 cm³/mol. The van der Waals surface area contributed by atoms with Crippen molar-refractivity contribution in [1.29, 1.82) is 0 Å². The molecular weight excluding hydrogens is 318 g/mol. The number of aliphatic hydroxyl groups excluding tert-OH is 1. The van der Waals surface area contributed by atoms with Crippen LogP contribution in [0.5, 0.6) is 0 Å². The molecule has 6 nitrogen and oxygen atoms in total. The first-order valence-electron chi connectivity index (χ1n) is 8.30. The summed E-state index contributed by atoms with van der Waals surface area (Å²) in [5.41, 5.74) is 1.10. The topological polar surface area (TPSA) is 84.2 Å². The van der Waals surface area contributed by atoms with E-state index in [2.05, 4.69) is 10.3 Å². The lowest BCUT2D eigenvalue weighted by Gasteiger charge is -2.22. The first kappa shape index (κ1) is 18.9. The van der Waals surface area contributed by atoms with Crippen molar-refractivity contribution in [1.82, 2.24) is 14.9 Å². The molecule has 25 heavy (non-hydrogen) atoms. The quantitative estimate of drug-likeness (QED) is 0.865. The molecule has 1 amide bonds. The van der Waals surface area contributed by atoms with Gasteiger partial charge in [-0.05, 0) is 27.7 Å². The molecule has 2 N–H and O–H groups in total. The SMILES string of the molecule is Cc1nc(-c2ccccc2)n(CC(=O)NC(C)(C)C)c(=O)c1CCO. The number of hydrogen-bond acceptors (Lipinski definition) is 4. The Morgan fingerprint density at radius 2 is 1.88 bits per heavy atom. The Morgan fingerprint density at radius 3 is 2.44 bits per heavy atom. The van der Waals surface area contributed by atoms with Crippen molar-refractivity contribution in [2.45, 2.75) is 46.2 Å². The fourth-order valence-electron chi connectivity index (χ4n) is 2.66. The van der Waals surface area contributed by atoms with Crippen molar-refractivity contribution in [3.05, 3.63) is 51.9 Å². The maximum absolute atomic E-state index is 12.9. The number of aryl methyl sites for hydroxylation is 1. The Kier molecular flexibility index (Phi) is 5.74. The van der Waals surface area contributed by atoms with Crippen LogP contribution < -0.4 is 10.9 Å².